The van der Waals surface area contributed by atoms with Gasteiger partial charge < -0.3 is 20.0 Å². The Bertz CT molecular complexity index is 320. The summed E-state index contributed by atoms with van der Waals surface area (Å²) in [6, 6.07) is 0.127. The average molecular weight is 333 g/mol. The first kappa shape index (κ1) is 22.0. The zero-order valence-electron chi connectivity index (χ0n) is 14.6. The molecule has 2 rings (SSSR count). The molecule has 1 saturated heterocycles. The Labute approximate surface area is 139 Å². The van der Waals surface area contributed by atoms with Gasteiger partial charge in [0.25, 0.3) is 0 Å². The van der Waals surface area contributed by atoms with Gasteiger partial charge in [0, 0.05) is 19.0 Å². The first-order valence-corrected chi connectivity index (χ1v) is 8.72. The lowest BCUT2D eigenvalue weighted by molar-refractivity contribution is -0.143. The van der Waals surface area contributed by atoms with E-state index in [2.05, 4.69) is 5.32 Å². The summed E-state index contributed by atoms with van der Waals surface area (Å²) < 4.78 is 18.6. The number of carbonyl (C=O) groups is 2. The quantitative estimate of drug-likeness (QED) is 0.757. The SMILES string of the molecule is CC.CCC=O.O=C(O)C1CCC(OCC2CC(F)CN2)CC1. The number of carboxylic acids is 1. The molecule has 2 aliphatic rings. The molecule has 2 N–H and O–H groups in total. The molecule has 5 nitrogen and oxygen atoms in total. The Hall–Kier alpha value is -1.01. The van der Waals surface area contributed by atoms with E-state index in [1.54, 1.807) is 0 Å². The lowest BCUT2D eigenvalue weighted by Gasteiger charge is -2.27. The van der Waals surface area contributed by atoms with Crippen molar-refractivity contribution in [1.82, 2.24) is 5.32 Å². The van der Waals surface area contributed by atoms with Gasteiger partial charge in [-0.15, -0.1) is 0 Å². The van der Waals surface area contributed by atoms with Crippen LogP contribution in [0.5, 0.6) is 0 Å². The van der Waals surface area contributed by atoms with Crippen molar-refractivity contribution in [2.45, 2.75) is 77.6 Å². The summed E-state index contributed by atoms with van der Waals surface area (Å²) in [5.41, 5.74) is 0. The van der Waals surface area contributed by atoms with E-state index in [1.807, 2.05) is 20.8 Å². The van der Waals surface area contributed by atoms with Crippen LogP contribution >= 0.6 is 0 Å². The molecule has 0 aromatic rings. The number of carboxylic acid groups (broad SMARTS) is 1. The van der Waals surface area contributed by atoms with Crippen LogP contribution in [0.2, 0.25) is 0 Å². The molecular formula is C17H32FNO4. The Balaban J connectivity index is 0.000000705. The second-order valence-electron chi connectivity index (χ2n) is 5.66. The van der Waals surface area contributed by atoms with Crippen molar-refractivity contribution < 1.29 is 23.8 Å². The highest BCUT2D eigenvalue weighted by atomic mass is 19.1. The zero-order chi connectivity index (χ0) is 17.7. The maximum absolute atomic E-state index is 12.9. The second-order valence-corrected chi connectivity index (χ2v) is 5.66. The molecule has 2 fully saturated rings. The largest absolute Gasteiger partial charge is 0.481 e. The lowest BCUT2D eigenvalue weighted by atomic mass is 9.87. The third-order valence-corrected chi connectivity index (χ3v) is 3.89. The Morgan fingerprint density at radius 3 is 2.26 bits per heavy atom. The molecule has 1 saturated carbocycles. The number of hydrogen-bond acceptors (Lipinski definition) is 4. The zero-order valence-corrected chi connectivity index (χ0v) is 14.6. The first-order chi connectivity index (χ1) is 11.1. The molecule has 2 unspecified atom stereocenters. The van der Waals surface area contributed by atoms with Gasteiger partial charge in [0.15, 0.2) is 0 Å². The average Bonchev–Trinajstić information content (AvgIpc) is 3.01. The molecule has 1 aliphatic heterocycles. The molecule has 0 spiro atoms. The van der Waals surface area contributed by atoms with E-state index in [0.29, 0.717) is 38.8 Å². The number of rotatable bonds is 5. The van der Waals surface area contributed by atoms with Gasteiger partial charge >= 0.3 is 5.97 Å². The van der Waals surface area contributed by atoms with Crippen LogP contribution in [0, 0.1) is 5.92 Å². The molecule has 6 heteroatoms. The number of nitrogens with one attached hydrogen (secondary N) is 1. The van der Waals surface area contributed by atoms with Crippen LogP contribution in [-0.4, -0.2) is 48.8 Å². The molecule has 23 heavy (non-hydrogen) atoms. The fourth-order valence-corrected chi connectivity index (χ4v) is 2.63. The van der Waals surface area contributed by atoms with Crippen molar-refractivity contribution in [1.29, 1.82) is 0 Å². The van der Waals surface area contributed by atoms with Crippen LogP contribution < -0.4 is 5.32 Å². The highest BCUT2D eigenvalue weighted by Gasteiger charge is 2.28. The number of aliphatic carboxylic acids is 1. The molecule has 0 aromatic heterocycles. The fourth-order valence-electron chi connectivity index (χ4n) is 2.63. The minimum absolute atomic E-state index is 0.127. The van der Waals surface area contributed by atoms with Crippen molar-refractivity contribution in [2.75, 3.05) is 13.2 Å². The topological polar surface area (TPSA) is 75.6 Å². The number of halogens is 1. The first-order valence-electron chi connectivity index (χ1n) is 8.72. The van der Waals surface area contributed by atoms with E-state index in [1.165, 1.54) is 0 Å². The number of alkyl halides is 1. The molecule has 0 amide bonds. The van der Waals surface area contributed by atoms with Gasteiger partial charge in [-0.25, -0.2) is 4.39 Å². The van der Waals surface area contributed by atoms with E-state index >= 15 is 0 Å². The van der Waals surface area contributed by atoms with Crippen LogP contribution in [-0.2, 0) is 14.3 Å². The van der Waals surface area contributed by atoms with Crippen molar-refractivity contribution >= 4 is 12.3 Å². The van der Waals surface area contributed by atoms with Gasteiger partial charge in [0.05, 0.1) is 18.6 Å². The van der Waals surface area contributed by atoms with Crippen LogP contribution in [0.1, 0.15) is 59.3 Å². The summed E-state index contributed by atoms with van der Waals surface area (Å²) >= 11 is 0. The smallest absolute Gasteiger partial charge is 0.306 e. The molecular weight excluding hydrogens is 301 g/mol. The molecule has 136 valence electrons. The summed E-state index contributed by atoms with van der Waals surface area (Å²) in [7, 11) is 0. The van der Waals surface area contributed by atoms with E-state index in [4.69, 9.17) is 9.84 Å². The predicted octanol–water partition coefficient (Wildman–Crippen LogP) is 2.97. The third-order valence-electron chi connectivity index (χ3n) is 3.89. The summed E-state index contributed by atoms with van der Waals surface area (Å²) in [4.78, 5) is 19.9. The second kappa shape index (κ2) is 13.4. The van der Waals surface area contributed by atoms with Crippen molar-refractivity contribution in [3.05, 3.63) is 0 Å². The third kappa shape index (κ3) is 9.66. The standard InChI is InChI=1S/C12H20FNO3.C3H6O.C2H6/c13-9-5-10(14-6-9)7-17-11-3-1-8(2-4-11)12(15)16;1-2-3-4;1-2/h8-11,14H,1-7H2,(H,15,16);3H,2H2,1H3;1-2H3. The van der Waals surface area contributed by atoms with Gasteiger partial charge in [-0.3, -0.25) is 4.79 Å². The van der Waals surface area contributed by atoms with Gasteiger partial charge in [0.2, 0.25) is 0 Å². The minimum atomic E-state index is -0.744. The normalized spacial score (nSPS) is 29.6. The van der Waals surface area contributed by atoms with Crippen molar-refractivity contribution in [2.24, 2.45) is 5.92 Å². The maximum atomic E-state index is 12.9. The maximum Gasteiger partial charge on any atom is 0.306 e. The Morgan fingerprint density at radius 1 is 1.30 bits per heavy atom. The van der Waals surface area contributed by atoms with Crippen LogP contribution in [0.15, 0.2) is 0 Å². The molecule has 0 aromatic carbocycles. The number of ether oxygens (including phenoxy) is 1. The Kier molecular flexibility index (Phi) is 12.8. The van der Waals surface area contributed by atoms with E-state index in [9.17, 15) is 14.0 Å². The highest BCUT2D eigenvalue weighted by molar-refractivity contribution is 5.70. The number of aldehydes is 1. The van der Waals surface area contributed by atoms with Gasteiger partial charge in [0.1, 0.15) is 12.5 Å². The van der Waals surface area contributed by atoms with Crippen LogP contribution in [0.4, 0.5) is 4.39 Å². The minimum Gasteiger partial charge on any atom is -0.481 e. The summed E-state index contributed by atoms with van der Waals surface area (Å²) in [5.74, 6) is -0.893. The highest BCUT2D eigenvalue weighted by Crippen LogP contribution is 2.26. The van der Waals surface area contributed by atoms with Gasteiger partial charge in [-0.1, -0.05) is 20.8 Å². The number of carbonyl (C=O) groups excluding carboxylic acids is 1. The molecule has 0 bridgehead atoms. The van der Waals surface area contributed by atoms with Crippen molar-refractivity contribution in [3.8, 4) is 0 Å². The molecule has 1 aliphatic carbocycles. The van der Waals surface area contributed by atoms with Crippen LogP contribution in [0.3, 0.4) is 0 Å². The van der Waals surface area contributed by atoms with E-state index in [-0.39, 0.29) is 18.1 Å². The monoisotopic (exact) mass is 333 g/mol. The lowest BCUT2D eigenvalue weighted by Crippen LogP contribution is -2.32. The molecule has 2 atom stereocenters. The van der Waals surface area contributed by atoms with Gasteiger partial charge in [-0.05, 0) is 32.1 Å². The summed E-state index contributed by atoms with van der Waals surface area (Å²) in [6.45, 7) is 6.79. The fraction of sp³-hybridized carbons (Fsp3) is 0.882. The Morgan fingerprint density at radius 2 is 1.87 bits per heavy atom. The van der Waals surface area contributed by atoms with Crippen LogP contribution in [0.25, 0.3) is 0 Å². The summed E-state index contributed by atoms with van der Waals surface area (Å²) in [6.07, 6.45) is 4.47. The number of hydrogen-bond donors (Lipinski definition) is 2. The summed E-state index contributed by atoms with van der Waals surface area (Å²) in [5, 5.41) is 11.9. The molecule has 0 radical (unpaired) electrons. The van der Waals surface area contributed by atoms with E-state index in [0.717, 1.165) is 19.1 Å². The predicted molar refractivity (Wildman–Crippen MR) is 88.3 cm³/mol. The molecule has 1 heterocycles. The van der Waals surface area contributed by atoms with Crippen molar-refractivity contribution in [3.63, 3.8) is 0 Å². The van der Waals surface area contributed by atoms with E-state index < -0.39 is 12.1 Å². The van der Waals surface area contributed by atoms with Gasteiger partial charge in [-0.2, -0.15) is 0 Å².